The van der Waals surface area contributed by atoms with Crippen LogP contribution in [0.3, 0.4) is 0 Å². The topological polar surface area (TPSA) is 26.2 Å². The molecule has 1 aromatic carbocycles. The first-order valence-corrected chi connectivity index (χ1v) is 7.92. The fourth-order valence-corrected chi connectivity index (χ4v) is 4.43. The maximum Gasteiger partial charge on any atom is 0.120 e. The van der Waals surface area contributed by atoms with Crippen LogP contribution in [-0.4, -0.2) is 30.5 Å². The van der Waals surface area contributed by atoms with Crippen LogP contribution in [0.25, 0.3) is 10.9 Å². The van der Waals surface area contributed by atoms with E-state index in [-0.39, 0.29) is 0 Å². The van der Waals surface area contributed by atoms with E-state index in [1.54, 1.807) is 18.4 Å². The van der Waals surface area contributed by atoms with Crippen LogP contribution in [0.15, 0.2) is 17.0 Å². The third-order valence-electron chi connectivity index (χ3n) is 4.22. The smallest absolute Gasteiger partial charge is 0.120 e. The molecule has 0 unspecified atom stereocenters. The van der Waals surface area contributed by atoms with E-state index in [1.165, 1.54) is 21.6 Å². The van der Waals surface area contributed by atoms with Gasteiger partial charge in [0.15, 0.2) is 0 Å². The van der Waals surface area contributed by atoms with Crippen molar-refractivity contribution in [2.75, 3.05) is 26.0 Å². The van der Waals surface area contributed by atoms with Crippen molar-refractivity contribution in [2.24, 2.45) is 0 Å². The third kappa shape index (κ3) is 1.70. The van der Waals surface area contributed by atoms with Crippen molar-refractivity contribution in [3.63, 3.8) is 0 Å². The Balaban J connectivity index is 2.06. The monoisotopic (exact) mass is 274 g/mol. The Morgan fingerprint density at radius 2 is 2.16 bits per heavy atom. The van der Waals surface area contributed by atoms with Crippen LogP contribution in [0.4, 0.5) is 0 Å². The highest BCUT2D eigenvalue weighted by Crippen LogP contribution is 2.40. The summed E-state index contributed by atoms with van der Waals surface area (Å²) in [5.74, 6) is 2.16. The van der Waals surface area contributed by atoms with E-state index in [0.717, 1.165) is 38.2 Å². The zero-order valence-electron chi connectivity index (χ0n) is 11.2. The summed E-state index contributed by atoms with van der Waals surface area (Å²) in [4.78, 5) is 1.39. The molecule has 100 valence electrons. The van der Waals surface area contributed by atoms with Crippen LogP contribution in [0.2, 0.25) is 0 Å². The van der Waals surface area contributed by atoms with Crippen LogP contribution in [0.1, 0.15) is 11.3 Å². The summed E-state index contributed by atoms with van der Waals surface area (Å²) < 4.78 is 8.04. The maximum absolute atomic E-state index is 5.48. The lowest BCUT2D eigenvalue weighted by molar-refractivity contribution is 0.414. The van der Waals surface area contributed by atoms with Crippen molar-refractivity contribution in [2.45, 2.75) is 24.3 Å². The van der Waals surface area contributed by atoms with E-state index in [1.807, 2.05) is 11.8 Å². The first kappa shape index (κ1) is 11.7. The van der Waals surface area contributed by atoms with Crippen LogP contribution in [0.5, 0.6) is 5.75 Å². The molecule has 1 N–H and O–H groups in total. The molecule has 3 nitrogen and oxygen atoms in total. The predicted octanol–water partition coefficient (Wildman–Crippen LogP) is 2.44. The molecule has 3 heterocycles. The summed E-state index contributed by atoms with van der Waals surface area (Å²) in [6.07, 6.45) is 2.28. The zero-order chi connectivity index (χ0) is 12.8. The summed E-state index contributed by atoms with van der Waals surface area (Å²) in [5.41, 5.74) is 4.54. The molecule has 4 rings (SSSR count). The molecule has 0 atom stereocenters. The largest absolute Gasteiger partial charge is 0.497 e. The summed E-state index contributed by atoms with van der Waals surface area (Å²) in [7, 11) is 1.76. The highest BCUT2D eigenvalue weighted by molar-refractivity contribution is 7.99. The standard InChI is InChI=1S/C15H18N2OS/c1-18-10-8-12-11-2-4-16-5-3-13(11)17-6-7-19-14(9-10)15(12)17/h8-9,16H,2-7H2,1H3. The summed E-state index contributed by atoms with van der Waals surface area (Å²) >= 11 is 1.96. The first-order valence-electron chi connectivity index (χ1n) is 6.94. The maximum atomic E-state index is 5.48. The number of rotatable bonds is 1. The Bertz CT molecular complexity index is 647. The number of hydrogen-bond acceptors (Lipinski definition) is 3. The summed E-state index contributed by atoms with van der Waals surface area (Å²) in [6.45, 7) is 3.34. The van der Waals surface area contributed by atoms with Crippen molar-refractivity contribution in [3.05, 3.63) is 23.4 Å². The molecule has 0 spiro atoms. The number of fused-ring (bicyclic) bond motifs is 3. The zero-order valence-corrected chi connectivity index (χ0v) is 12.0. The first-order chi connectivity index (χ1) is 9.38. The molecule has 2 aliphatic heterocycles. The van der Waals surface area contributed by atoms with Crippen molar-refractivity contribution in [3.8, 4) is 5.75 Å². The van der Waals surface area contributed by atoms with E-state index in [4.69, 9.17) is 4.74 Å². The molecule has 0 amide bonds. The van der Waals surface area contributed by atoms with Crippen LogP contribution in [0, 0.1) is 0 Å². The Morgan fingerprint density at radius 3 is 3.05 bits per heavy atom. The average Bonchev–Trinajstić information content (AvgIpc) is 2.64. The molecule has 1 aromatic heterocycles. The van der Waals surface area contributed by atoms with Gasteiger partial charge in [-0.25, -0.2) is 0 Å². The SMILES string of the molecule is COc1cc2c3c(c1)c1c(n3CCS2)CCNCC1. The van der Waals surface area contributed by atoms with Gasteiger partial charge < -0.3 is 14.6 Å². The molecule has 2 aromatic rings. The van der Waals surface area contributed by atoms with Gasteiger partial charge in [0.2, 0.25) is 0 Å². The van der Waals surface area contributed by atoms with Gasteiger partial charge in [-0.1, -0.05) is 0 Å². The second-order valence-corrected chi connectivity index (χ2v) is 6.33. The Morgan fingerprint density at radius 1 is 1.26 bits per heavy atom. The third-order valence-corrected chi connectivity index (χ3v) is 5.23. The quantitative estimate of drug-likeness (QED) is 0.865. The van der Waals surface area contributed by atoms with Gasteiger partial charge in [-0.2, -0.15) is 0 Å². The number of thioether (sulfide) groups is 1. The minimum atomic E-state index is 0.994. The van der Waals surface area contributed by atoms with E-state index in [9.17, 15) is 0 Å². The second-order valence-electron chi connectivity index (χ2n) is 5.20. The fraction of sp³-hybridized carbons (Fsp3) is 0.467. The van der Waals surface area contributed by atoms with Gasteiger partial charge in [0.05, 0.1) is 12.6 Å². The predicted molar refractivity (Wildman–Crippen MR) is 79.5 cm³/mol. The number of benzene rings is 1. The molecule has 0 aliphatic carbocycles. The van der Waals surface area contributed by atoms with E-state index in [0.29, 0.717) is 0 Å². The number of methoxy groups -OCH3 is 1. The lowest BCUT2D eigenvalue weighted by Gasteiger charge is -2.18. The molecule has 2 aliphatic rings. The molecule has 19 heavy (non-hydrogen) atoms. The Kier molecular flexibility index (Phi) is 2.74. The number of hydrogen-bond donors (Lipinski definition) is 1. The summed E-state index contributed by atoms with van der Waals surface area (Å²) in [5, 5.41) is 4.92. The van der Waals surface area contributed by atoms with Gasteiger partial charge in [0.25, 0.3) is 0 Å². The van der Waals surface area contributed by atoms with Gasteiger partial charge in [-0.05, 0) is 30.7 Å². The van der Waals surface area contributed by atoms with Gasteiger partial charge in [0, 0.05) is 41.2 Å². The number of aromatic nitrogens is 1. The Hall–Kier alpha value is -1.13. The molecule has 0 saturated heterocycles. The average molecular weight is 274 g/mol. The van der Waals surface area contributed by atoms with Crippen molar-refractivity contribution in [1.82, 2.24) is 9.88 Å². The molecule has 0 saturated carbocycles. The minimum absolute atomic E-state index is 0.994. The van der Waals surface area contributed by atoms with Crippen LogP contribution in [-0.2, 0) is 19.4 Å². The van der Waals surface area contributed by atoms with Gasteiger partial charge >= 0.3 is 0 Å². The number of nitrogens with one attached hydrogen (secondary N) is 1. The van der Waals surface area contributed by atoms with E-state index in [2.05, 4.69) is 22.0 Å². The van der Waals surface area contributed by atoms with Gasteiger partial charge in [-0.15, -0.1) is 11.8 Å². The molecule has 4 heteroatoms. The molecule has 0 bridgehead atoms. The van der Waals surface area contributed by atoms with Crippen molar-refractivity contribution in [1.29, 1.82) is 0 Å². The van der Waals surface area contributed by atoms with Crippen molar-refractivity contribution >= 4 is 22.7 Å². The van der Waals surface area contributed by atoms with Crippen molar-refractivity contribution < 1.29 is 4.74 Å². The van der Waals surface area contributed by atoms with Crippen LogP contribution >= 0.6 is 11.8 Å². The molecular formula is C15H18N2OS. The van der Waals surface area contributed by atoms with Gasteiger partial charge in [-0.3, -0.25) is 0 Å². The highest BCUT2D eigenvalue weighted by Gasteiger charge is 2.24. The molecule has 0 radical (unpaired) electrons. The van der Waals surface area contributed by atoms with Crippen LogP contribution < -0.4 is 10.1 Å². The number of nitrogens with zero attached hydrogens (tertiary/aromatic N) is 1. The number of aryl methyl sites for hydroxylation is 1. The highest BCUT2D eigenvalue weighted by atomic mass is 32.2. The molecular weight excluding hydrogens is 256 g/mol. The van der Waals surface area contributed by atoms with E-state index < -0.39 is 0 Å². The number of ether oxygens (including phenoxy) is 1. The normalized spacial score (nSPS) is 18.2. The Labute approximate surface area is 117 Å². The lowest BCUT2D eigenvalue weighted by atomic mass is 10.1. The minimum Gasteiger partial charge on any atom is -0.497 e. The summed E-state index contributed by atoms with van der Waals surface area (Å²) in [6, 6.07) is 4.42. The lowest BCUT2D eigenvalue weighted by Crippen LogP contribution is -2.18. The van der Waals surface area contributed by atoms with E-state index >= 15 is 0 Å². The fourth-order valence-electron chi connectivity index (χ4n) is 3.38. The van der Waals surface area contributed by atoms with Gasteiger partial charge in [0.1, 0.15) is 5.75 Å². The molecule has 0 fully saturated rings. The second kappa shape index (κ2) is 4.46.